The molecule has 3 nitrogen and oxygen atoms in total. The predicted octanol–water partition coefficient (Wildman–Crippen LogP) is 2.50. The summed E-state index contributed by atoms with van der Waals surface area (Å²) in [6, 6.07) is 0. The molecular formula is C11H19NO2. The standard InChI is InChI=1S/C11H19NO2/c1-2-13-10-11(14-9-12-10)7-5-3-4-6-8-11/h9-10H,2-8H2,1H3. The lowest BCUT2D eigenvalue weighted by molar-refractivity contribution is -0.0763. The Kier molecular flexibility index (Phi) is 3.06. The van der Waals surface area contributed by atoms with Gasteiger partial charge in [-0.05, 0) is 32.6 Å². The molecular weight excluding hydrogens is 178 g/mol. The van der Waals surface area contributed by atoms with Crippen LogP contribution in [0, 0.1) is 0 Å². The highest BCUT2D eigenvalue weighted by molar-refractivity contribution is 5.51. The third kappa shape index (κ3) is 1.78. The monoisotopic (exact) mass is 197 g/mol. The molecule has 0 saturated heterocycles. The lowest BCUT2D eigenvalue weighted by atomic mass is 9.93. The number of ether oxygens (including phenoxy) is 2. The van der Waals surface area contributed by atoms with Gasteiger partial charge in [-0.15, -0.1) is 0 Å². The summed E-state index contributed by atoms with van der Waals surface area (Å²) in [5.74, 6) is 0. The van der Waals surface area contributed by atoms with E-state index in [1.54, 1.807) is 6.40 Å². The largest absolute Gasteiger partial charge is 0.472 e. The van der Waals surface area contributed by atoms with E-state index >= 15 is 0 Å². The summed E-state index contributed by atoms with van der Waals surface area (Å²) in [5, 5.41) is 0. The molecule has 0 bridgehead atoms. The number of rotatable bonds is 2. The average Bonchev–Trinajstić information content (AvgIpc) is 2.44. The van der Waals surface area contributed by atoms with Crippen molar-refractivity contribution in [3.63, 3.8) is 0 Å². The highest BCUT2D eigenvalue weighted by Crippen LogP contribution is 2.37. The molecule has 0 aromatic carbocycles. The minimum absolute atomic E-state index is 0.0504. The van der Waals surface area contributed by atoms with Gasteiger partial charge in [-0.2, -0.15) is 0 Å². The lowest BCUT2D eigenvalue weighted by Crippen LogP contribution is -2.41. The van der Waals surface area contributed by atoms with E-state index in [4.69, 9.17) is 9.47 Å². The molecule has 2 aliphatic rings. The zero-order valence-corrected chi connectivity index (χ0v) is 8.87. The van der Waals surface area contributed by atoms with Gasteiger partial charge in [0.1, 0.15) is 0 Å². The number of aliphatic imine (C=N–C) groups is 1. The van der Waals surface area contributed by atoms with Crippen LogP contribution in [0.2, 0.25) is 0 Å². The van der Waals surface area contributed by atoms with Crippen LogP contribution in [-0.4, -0.2) is 24.8 Å². The summed E-state index contributed by atoms with van der Waals surface area (Å²) >= 11 is 0. The van der Waals surface area contributed by atoms with Crippen LogP contribution in [-0.2, 0) is 9.47 Å². The summed E-state index contributed by atoms with van der Waals surface area (Å²) in [7, 11) is 0. The Morgan fingerprint density at radius 3 is 2.71 bits per heavy atom. The maximum absolute atomic E-state index is 5.71. The maximum atomic E-state index is 5.71. The van der Waals surface area contributed by atoms with Crippen molar-refractivity contribution in [1.29, 1.82) is 0 Å². The van der Waals surface area contributed by atoms with Crippen molar-refractivity contribution in [1.82, 2.24) is 0 Å². The molecule has 0 aromatic heterocycles. The first-order valence-corrected chi connectivity index (χ1v) is 5.68. The van der Waals surface area contributed by atoms with Gasteiger partial charge >= 0.3 is 0 Å². The van der Waals surface area contributed by atoms with Crippen molar-refractivity contribution in [2.24, 2.45) is 4.99 Å². The zero-order chi connectivity index (χ0) is 9.86. The summed E-state index contributed by atoms with van der Waals surface area (Å²) in [6.45, 7) is 2.73. The van der Waals surface area contributed by atoms with E-state index in [9.17, 15) is 0 Å². The molecule has 3 heteroatoms. The Hall–Kier alpha value is -0.570. The van der Waals surface area contributed by atoms with Gasteiger partial charge in [0.2, 0.25) is 0 Å². The van der Waals surface area contributed by atoms with E-state index in [1.165, 1.54) is 25.7 Å². The molecule has 0 aromatic rings. The summed E-state index contributed by atoms with van der Waals surface area (Å²) < 4.78 is 11.3. The Bertz CT molecular complexity index is 207. The van der Waals surface area contributed by atoms with E-state index in [0.29, 0.717) is 6.61 Å². The summed E-state index contributed by atoms with van der Waals surface area (Å²) in [6.07, 6.45) is 8.86. The summed E-state index contributed by atoms with van der Waals surface area (Å²) in [4.78, 5) is 4.27. The van der Waals surface area contributed by atoms with E-state index in [-0.39, 0.29) is 11.8 Å². The third-order valence-electron chi connectivity index (χ3n) is 3.21. The molecule has 1 saturated carbocycles. The van der Waals surface area contributed by atoms with Crippen molar-refractivity contribution in [2.45, 2.75) is 57.3 Å². The minimum Gasteiger partial charge on any atom is -0.472 e. The van der Waals surface area contributed by atoms with Gasteiger partial charge in [0.15, 0.2) is 18.2 Å². The second kappa shape index (κ2) is 4.30. The van der Waals surface area contributed by atoms with Crippen LogP contribution in [0.15, 0.2) is 4.99 Å². The average molecular weight is 197 g/mol. The lowest BCUT2D eigenvalue weighted by Gasteiger charge is -2.31. The van der Waals surface area contributed by atoms with Crippen LogP contribution >= 0.6 is 0 Å². The first-order valence-electron chi connectivity index (χ1n) is 5.68. The van der Waals surface area contributed by atoms with E-state index in [0.717, 1.165) is 12.8 Å². The zero-order valence-electron chi connectivity index (χ0n) is 8.87. The van der Waals surface area contributed by atoms with E-state index < -0.39 is 0 Å². The van der Waals surface area contributed by atoms with Gasteiger partial charge in [-0.25, -0.2) is 4.99 Å². The van der Waals surface area contributed by atoms with Gasteiger partial charge in [-0.1, -0.05) is 12.8 Å². The molecule has 14 heavy (non-hydrogen) atoms. The smallest absolute Gasteiger partial charge is 0.190 e. The van der Waals surface area contributed by atoms with Crippen LogP contribution in [0.3, 0.4) is 0 Å². The molecule has 1 aliphatic heterocycles. The van der Waals surface area contributed by atoms with Crippen molar-refractivity contribution >= 4 is 6.40 Å². The van der Waals surface area contributed by atoms with Crippen LogP contribution in [0.25, 0.3) is 0 Å². The SMILES string of the molecule is CCOC1N=COC12CCCCCC2. The fourth-order valence-corrected chi connectivity index (χ4v) is 2.43. The molecule has 0 N–H and O–H groups in total. The molecule has 1 atom stereocenters. The van der Waals surface area contributed by atoms with E-state index in [2.05, 4.69) is 4.99 Å². The van der Waals surface area contributed by atoms with Crippen molar-refractivity contribution in [3.05, 3.63) is 0 Å². The fourth-order valence-electron chi connectivity index (χ4n) is 2.43. The third-order valence-corrected chi connectivity index (χ3v) is 3.21. The van der Waals surface area contributed by atoms with Gasteiger partial charge in [0, 0.05) is 6.61 Å². The van der Waals surface area contributed by atoms with Gasteiger partial charge in [-0.3, -0.25) is 0 Å². The molecule has 80 valence electrons. The summed E-state index contributed by atoms with van der Waals surface area (Å²) in [5.41, 5.74) is -0.119. The molecule has 1 spiro atoms. The molecule has 1 unspecified atom stereocenters. The molecule has 1 fully saturated rings. The van der Waals surface area contributed by atoms with Crippen molar-refractivity contribution < 1.29 is 9.47 Å². The Morgan fingerprint density at radius 1 is 1.36 bits per heavy atom. The molecule has 0 amide bonds. The van der Waals surface area contributed by atoms with Crippen LogP contribution in [0.5, 0.6) is 0 Å². The topological polar surface area (TPSA) is 30.8 Å². The Balaban J connectivity index is 2.04. The second-order valence-electron chi connectivity index (χ2n) is 4.16. The van der Waals surface area contributed by atoms with Crippen LogP contribution in [0.1, 0.15) is 45.4 Å². The van der Waals surface area contributed by atoms with Gasteiger partial charge in [0.25, 0.3) is 0 Å². The number of hydrogen-bond donors (Lipinski definition) is 0. The fraction of sp³-hybridized carbons (Fsp3) is 0.909. The highest BCUT2D eigenvalue weighted by Gasteiger charge is 2.44. The molecule has 0 radical (unpaired) electrons. The van der Waals surface area contributed by atoms with Crippen molar-refractivity contribution in [2.75, 3.05) is 6.61 Å². The second-order valence-corrected chi connectivity index (χ2v) is 4.16. The van der Waals surface area contributed by atoms with Gasteiger partial charge < -0.3 is 9.47 Å². The highest BCUT2D eigenvalue weighted by atomic mass is 16.6. The first-order chi connectivity index (χ1) is 6.87. The van der Waals surface area contributed by atoms with Crippen LogP contribution < -0.4 is 0 Å². The normalized spacial score (nSPS) is 30.2. The molecule has 1 heterocycles. The maximum Gasteiger partial charge on any atom is 0.190 e. The van der Waals surface area contributed by atoms with Crippen LogP contribution in [0.4, 0.5) is 0 Å². The molecule has 2 rings (SSSR count). The van der Waals surface area contributed by atoms with Gasteiger partial charge in [0.05, 0.1) is 0 Å². The Labute approximate surface area is 85.5 Å². The van der Waals surface area contributed by atoms with E-state index in [1.807, 2.05) is 6.92 Å². The Morgan fingerprint density at radius 2 is 2.07 bits per heavy atom. The quantitative estimate of drug-likeness (QED) is 0.681. The minimum atomic E-state index is -0.119. The number of nitrogens with zero attached hydrogens (tertiary/aromatic N) is 1. The molecule has 1 aliphatic carbocycles. The first kappa shape index (κ1) is 9.97. The van der Waals surface area contributed by atoms with Crippen molar-refractivity contribution in [3.8, 4) is 0 Å². The number of hydrogen-bond acceptors (Lipinski definition) is 3. The predicted molar refractivity (Wildman–Crippen MR) is 55.4 cm³/mol.